The minimum Gasteiger partial charge on any atom is -0.366 e. The average molecular weight is 363 g/mol. The highest BCUT2D eigenvalue weighted by Gasteiger charge is 2.16. The van der Waals surface area contributed by atoms with Crippen molar-refractivity contribution in [3.8, 4) is 0 Å². The molecule has 1 aromatic carbocycles. The number of nitrogens with one attached hydrogen (secondary N) is 1. The molecule has 2 aromatic rings. The molecule has 4 nitrogen and oxygen atoms in total. The summed E-state index contributed by atoms with van der Waals surface area (Å²) in [6.45, 7) is 8.54. The van der Waals surface area contributed by atoms with Gasteiger partial charge >= 0.3 is 0 Å². The second-order valence-corrected chi connectivity index (χ2v) is 8.53. The van der Waals surface area contributed by atoms with E-state index in [-0.39, 0.29) is 17.1 Å². The van der Waals surface area contributed by atoms with Crippen molar-refractivity contribution < 1.29 is 9.59 Å². The third-order valence-electron chi connectivity index (χ3n) is 3.60. The summed E-state index contributed by atoms with van der Waals surface area (Å²) in [5.41, 5.74) is 8.10. The first-order chi connectivity index (χ1) is 11.2. The molecule has 0 saturated heterocycles. The number of amides is 2. The summed E-state index contributed by atoms with van der Waals surface area (Å²) < 4.78 is 0. The monoisotopic (exact) mass is 362 g/mol. The zero-order valence-corrected chi connectivity index (χ0v) is 15.9. The Hall–Kier alpha value is -1.79. The first-order valence-corrected chi connectivity index (χ1v) is 9.46. The number of carbonyl (C=O) groups is 2. The maximum absolute atomic E-state index is 12.2. The number of anilines is 1. The van der Waals surface area contributed by atoms with Gasteiger partial charge in [0.15, 0.2) is 0 Å². The number of benzene rings is 1. The second-order valence-electron chi connectivity index (χ2n) is 6.59. The molecule has 0 aliphatic rings. The van der Waals surface area contributed by atoms with Crippen LogP contribution >= 0.6 is 23.1 Å². The van der Waals surface area contributed by atoms with Crippen LogP contribution in [0.1, 0.15) is 42.3 Å². The number of hydrogen-bond acceptors (Lipinski definition) is 4. The van der Waals surface area contributed by atoms with Crippen molar-refractivity contribution in [3.63, 3.8) is 0 Å². The topological polar surface area (TPSA) is 72.2 Å². The largest absolute Gasteiger partial charge is 0.366 e. The smallest absolute Gasteiger partial charge is 0.251 e. The predicted octanol–water partition coefficient (Wildman–Crippen LogP) is 4.18. The normalized spacial score (nSPS) is 11.3. The van der Waals surface area contributed by atoms with E-state index in [1.54, 1.807) is 11.4 Å². The number of thiophene rings is 1. The molecule has 1 aromatic heterocycles. The van der Waals surface area contributed by atoms with Gasteiger partial charge < -0.3 is 11.1 Å². The molecule has 0 bridgehead atoms. The molecule has 2 rings (SSSR count). The van der Waals surface area contributed by atoms with Crippen molar-refractivity contribution in [1.82, 2.24) is 0 Å². The van der Waals surface area contributed by atoms with Gasteiger partial charge in [-0.3, -0.25) is 9.59 Å². The van der Waals surface area contributed by atoms with Crippen LogP contribution in [0.5, 0.6) is 0 Å². The van der Waals surface area contributed by atoms with Crippen molar-refractivity contribution in [2.75, 3.05) is 11.1 Å². The Labute approximate surface area is 150 Å². The zero-order chi connectivity index (χ0) is 17.9. The molecule has 0 atom stereocenters. The van der Waals surface area contributed by atoms with Crippen LogP contribution in [-0.2, 0) is 10.2 Å². The molecule has 0 aliphatic heterocycles. The Bertz CT molecular complexity index is 761. The molecule has 3 N–H and O–H groups in total. The van der Waals surface area contributed by atoms with Crippen molar-refractivity contribution in [2.45, 2.75) is 38.0 Å². The molecule has 0 radical (unpaired) electrons. The SMILES string of the molecule is Cc1ccc(C(C)(C)C)cc1SCC(=O)Nc1sccc1C(N)=O. The van der Waals surface area contributed by atoms with Gasteiger partial charge in [-0.2, -0.15) is 0 Å². The van der Waals surface area contributed by atoms with Gasteiger partial charge in [0, 0.05) is 4.90 Å². The Morgan fingerprint density at radius 3 is 2.58 bits per heavy atom. The minimum absolute atomic E-state index is 0.0681. The van der Waals surface area contributed by atoms with E-state index in [0.29, 0.717) is 10.6 Å². The fourth-order valence-corrected chi connectivity index (χ4v) is 3.80. The van der Waals surface area contributed by atoms with E-state index in [1.165, 1.54) is 28.7 Å². The van der Waals surface area contributed by atoms with Crippen molar-refractivity contribution in [2.24, 2.45) is 5.73 Å². The molecule has 0 saturated carbocycles. The highest BCUT2D eigenvalue weighted by molar-refractivity contribution is 8.00. The summed E-state index contributed by atoms with van der Waals surface area (Å²) in [6, 6.07) is 7.98. The van der Waals surface area contributed by atoms with Crippen LogP contribution in [0.4, 0.5) is 5.00 Å². The van der Waals surface area contributed by atoms with Gasteiger partial charge in [0.1, 0.15) is 5.00 Å². The maximum Gasteiger partial charge on any atom is 0.251 e. The number of carbonyl (C=O) groups excluding carboxylic acids is 2. The lowest BCUT2D eigenvalue weighted by Crippen LogP contribution is -2.17. The number of nitrogens with two attached hydrogens (primary N) is 1. The summed E-state index contributed by atoms with van der Waals surface area (Å²) in [4.78, 5) is 24.6. The van der Waals surface area contributed by atoms with Gasteiger partial charge in [0.05, 0.1) is 11.3 Å². The number of hydrogen-bond donors (Lipinski definition) is 2. The van der Waals surface area contributed by atoms with Crippen LogP contribution in [0.15, 0.2) is 34.5 Å². The van der Waals surface area contributed by atoms with Gasteiger partial charge in [0.25, 0.3) is 5.91 Å². The molecule has 0 aliphatic carbocycles. The molecule has 1 heterocycles. The van der Waals surface area contributed by atoms with E-state index in [4.69, 9.17) is 5.73 Å². The van der Waals surface area contributed by atoms with Gasteiger partial charge in [-0.05, 0) is 41.0 Å². The minimum atomic E-state index is -0.534. The summed E-state index contributed by atoms with van der Waals surface area (Å²) >= 11 is 2.79. The Morgan fingerprint density at radius 1 is 1.25 bits per heavy atom. The molecular formula is C18H22N2O2S2. The molecule has 128 valence electrons. The highest BCUT2D eigenvalue weighted by atomic mass is 32.2. The predicted molar refractivity (Wildman–Crippen MR) is 102 cm³/mol. The molecule has 2 amide bonds. The molecule has 6 heteroatoms. The molecule has 0 spiro atoms. The number of rotatable bonds is 5. The van der Waals surface area contributed by atoms with E-state index in [2.05, 4.69) is 44.3 Å². The fourth-order valence-electron chi connectivity index (χ4n) is 2.13. The zero-order valence-electron chi connectivity index (χ0n) is 14.3. The lowest BCUT2D eigenvalue weighted by Gasteiger charge is -2.20. The highest BCUT2D eigenvalue weighted by Crippen LogP contribution is 2.30. The van der Waals surface area contributed by atoms with Crippen LogP contribution in [-0.4, -0.2) is 17.6 Å². The average Bonchev–Trinajstić information content (AvgIpc) is 2.93. The standard InChI is InChI=1S/C18H22N2O2S2/c1-11-5-6-12(18(2,3)4)9-14(11)24-10-15(21)20-17-13(16(19)22)7-8-23-17/h5-9H,10H2,1-4H3,(H2,19,22)(H,20,21). The molecular weight excluding hydrogens is 340 g/mol. The molecule has 24 heavy (non-hydrogen) atoms. The van der Waals surface area contributed by atoms with E-state index < -0.39 is 5.91 Å². The first-order valence-electron chi connectivity index (χ1n) is 7.59. The first kappa shape index (κ1) is 18.5. The molecule has 0 fully saturated rings. The third-order valence-corrected chi connectivity index (χ3v) is 5.58. The van der Waals surface area contributed by atoms with Crippen LogP contribution in [0.3, 0.4) is 0 Å². The van der Waals surface area contributed by atoms with Gasteiger partial charge in [-0.1, -0.05) is 32.9 Å². The second kappa shape index (κ2) is 7.40. The van der Waals surface area contributed by atoms with Crippen molar-refractivity contribution >= 4 is 39.9 Å². The maximum atomic E-state index is 12.2. The number of aryl methyl sites for hydroxylation is 1. The molecule has 0 unspecified atom stereocenters. The van der Waals surface area contributed by atoms with Gasteiger partial charge in [-0.15, -0.1) is 23.1 Å². The van der Waals surface area contributed by atoms with Crippen molar-refractivity contribution in [1.29, 1.82) is 0 Å². The lowest BCUT2D eigenvalue weighted by molar-refractivity contribution is -0.113. The Balaban J connectivity index is 2.04. The van der Waals surface area contributed by atoms with E-state index in [1.807, 2.05) is 6.92 Å². The van der Waals surface area contributed by atoms with Crippen LogP contribution < -0.4 is 11.1 Å². The Morgan fingerprint density at radius 2 is 1.96 bits per heavy atom. The fraction of sp³-hybridized carbons (Fsp3) is 0.333. The summed E-state index contributed by atoms with van der Waals surface area (Å²) in [5.74, 6) is -0.400. The van der Waals surface area contributed by atoms with E-state index in [0.717, 1.165) is 10.5 Å². The summed E-state index contributed by atoms with van der Waals surface area (Å²) in [5, 5.41) is 5.01. The number of thioether (sulfide) groups is 1. The summed E-state index contributed by atoms with van der Waals surface area (Å²) in [6.07, 6.45) is 0. The van der Waals surface area contributed by atoms with Crippen LogP contribution in [0.25, 0.3) is 0 Å². The Kier molecular flexibility index (Phi) is 5.72. The quantitative estimate of drug-likeness (QED) is 0.784. The summed E-state index contributed by atoms with van der Waals surface area (Å²) in [7, 11) is 0. The van der Waals surface area contributed by atoms with Crippen LogP contribution in [0, 0.1) is 6.92 Å². The van der Waals surface area contributed by atoms with Crippen molar-refractivity contribution in [3.05, 3.63) is 46.3 Å². The third kappa shape index (κ3) is 4.61. The van der Waals surface area contributed by atoms with Gasteiger partial charge in [0.2, 0.25) is 5.91 Å². The van der Waals surface area contributed by atoms with E-state index >= 15 is 0 Å². The van der Waals surface area contributed by atoms with E-state index in [9.17, 15) is 9.59 Å². The number of primary amides is 1. The lowest BCUT2D eigenvalue weighted by atomic mass is 9.87. The van der Waals surface area contributed by atoms with Crippen LogP contribution in [0.2, 0.25) is 0 Å². The van der Waals surface area contributed by atoms with Gasteiger partial charge in [-0.25, -0.2) is 0 Å².